The number of benzene rings is 2. The maximum Gasteiger partial charge on any atom is 0.268 e. The number of carbonyl (C=O) groups excluding carboxylic acids is 2. The van der Waals surface area contributed by atoms with Crippen LogP contribution in [-0.2, 0) is 9.59 Å². The Morgan fingerprint density at radius 1 is 1.15 bits per heavy atom. The molecule has 0 fully saturated rings. The van der Waals surface area contributed by atoms with Crippen molar-refractivity contribution < 1.29 is 14.3 Å². The SMILES string of the molecule is CCC1Oc2ccc(-c3csc(-c4ccccc4)n3)cc2N(CC(=O)Nc2nnc(C)s2)C1=O. The minimum atomic E-state index is -0.640. The van der Waals surface area contributed by atoms with Gasteiger partial charge in [-0.3, -0.25) is 19.8 Å². The van der Waals surface area contributed by atoms with Crippen LogP contribution < -0.4 is 15.0 Å². The lowest BCUT2D eigenvalue weighted by molar-refractivity contribution is -0.128. The van der Waals surface area contributed by atoms with Gasteiger partial charge in [0, 0.05) is 16.5 Å². The minimum absolute atomic E-state index is 0.153. The number of nitrogens with zero attached hydrogens (tertiary/aromatic N) is 4. The highest BCUT2D eigenvalue weighted by Gasteiger charge is 2.35. The highest BCUT2D eigenvalue weighted by atomic mass is 32.1. The molecule has 10 heteroatoms. The van der Waals surface area contributed by atoms with E-state index in [9.17, 15) is 9.59 Å². The first-order chi connectivity index (χ1) is 16.5. The monoisotopic (exact) mass is 491 g/mol. The van der Waals surface area contributed by atoms with Gasteiger partial charge < -0.3 is 4.74 Å². The van der Waals surface area contributed by atoms with E-state index in [4.69, 9.17) is 9.72 Å². The number of nitrogens with one attached hydrogen (secondary N) is 1. The van der Waals surface area contributed by atoms with E-state index in [1.54, 1.807) is 11.3 Å². The van der Waals surface area contributed by atoms with Crippen LogP contribution in [0.25, 0.3) is 21.8 Å². The van der Waals surface area contributed by atoms with Gasteiger partial charge in [-0.05, 0) is 31.5 Å². The van der Waals surface area contributed by atoms with E-state index in [-0.39, 0.29) is 18.4 Å². The van der Waals surface area contributed by atoms with Crippen molar-refractivity contribution in [1.29, 1.82) is 0 Å². The molecule has 2 aromatic carbocycles. The number of hydrogen-bond acceptors (Lipinski definition) is 8. The molecule has 0 radical (unpaired) electrons. The van der Waals surface area contributed by atoms with Gasteiger partial charge in [0.15, 0.2) is 6.10 Å². The average Bonchev–Trinajstić information content (AvgIpc) is 3.50. The molecule has 1 aliphatic heterocycles. The zero-order valence-electron chi connectivity index (χ0n) is 18.5. The second-order valence-electron chi connectivity index (χ2n) is 7.70. The predicted octanol–water partition coefficient (Wildman–Crippen LogP) is 4.78. The summed E-state index contributed by atoms with van der Waals surface area (Å²) in [5.74, 6) is -0.0371. The van der Waals surface area contributed by atoms with Gasteiger partial charge in [0.2, 0.25) is 11.0 Å². The molecule has 34 heavy (non-hydrogen) atoms. The number of aromatic nitrogens is 3. The van der Waals surface area contributed by atoms with Crippen molar-refractivity contribution in [3.8, 4) is 27.6 Å². The van der Waals surface area contributed by atoms with Gasteiger partial charge in [-0.1, -0.05) is 48.6 Å². The Hall–Kier alpha value is -3.63. The first-order valence-electron chi connectivity index (χ1n) is 10.7. The van der Waals surface area contributed by atoms with E-state index in [0.717, 1.165) is 26.8 Å². The first kappa shape index (κ1) is 22.2. The van der Waals surface area contributed by atoms with Crippen LogP contribution in [0.1, 0.15) is 18.4 Å². The highest BCUT2D eigenvalue weighted by Crippen LogP contribution is 2.39. The summed E-state index contributed by atoms with van der Waals surface area (Å²) >= 11 is 2.84. The smallest absolute Gasteiger partial charge is 0.268 e. The Balaban J connectivity index is 1.45. The molecule has 172 valence electrons. The van der Waals surface area contributed by atoms with Gasteiger partial charge in [0.1, 0.15) is 22.3 Å². The maximum absolute atomic E-state index is 13.1. The lowest BCUT2D eigenvalue weighted by Gasteiger charge is -2.33. The second-order valence-corrected chi connectivity index (χ2v) is 9.74. The summed E-state index contributed by atoms with van der Waals surface area (Å²) in [7, 11) is 0. The van der Waals surface area contributed by atoms with Crippen molar-refractivity contribution in [1.82, 2.24) is 15.2 Å². The number of rotatable bonds is 6. The lowest BCUT2D eigenvalue weighted by Crippen LogP contribution is -2.48. The number of anilines is 2. The fourth-order valence-corrected chi connectivity index (χ4v) is 5.12. The molecule has 2 amide bonds. The van der Waals surface area contributed by atoms with E-state index in [2.05, 4.69) is 15.5 Å². The van der Waals surface area contributed by atoms with Gasteiger partial charge in [-0.15, -0.1) is 21.5 Å². The predicted molar refractivity (Wildman–Crippen MR) is 133 cm³/mol. The molecule has 1 atom stereocenters. The van der Waals surface area contributed by atoms with Crippen LogP contribution in [-0.4, -0.2) is 39.6 Å². The standard InChI is InChI=1S/C24H21N5O3S2/c1-3-19-23(31)29(12-21(30)26-24-28-27-14(2)34-24)18-11-16(9-10-20(18)32-19)17-13-33-22(25-17)15-7-5-4-6-8-15/h4-11,13,19H,3,12H2,1-2H3,(H,26,28,30). The van der Waals surface area contributed by atoms with Crippen LogP contribution in [0, 0.1) is 6.92 Å². The minimum Gasteiger partial charge on any atom is -0.478 e. The van der Waals surface area contributed by atoms with Crippen LogP contribution in [0.4, 0.5) is 10.8 Å². The molecule has 1 aliphatic rings. The molecule has 3 heterocycles. The third-order valence-electron chi connectivity index (χ3n) is 5.33. The number of thiazole rings is 1. The molecule has 0 saturated carbocycles. The van der Waals surface area contributed by atoms with Crippen molar-refractivity contribution in [2.24, 2.45) is 0 Å². The van der Waals surface area contributed by atoms with Crippen LogP contribution in [0.15, 0.2) is 53.9 Å². The molecule has 8 nitrogen and oxygen atoms in total. The van der Waals surface area contributed by atoms with Crippen LogP contribution >= 0.6 is 22.7 Å². The second kappa shape index (κ2) is 9.32. The fraction of sp³-hybridized carbons (Fsp3) is 0.208. The fourth-order valence-electron chi connectivity index (χ4n) is 3.67. The summed E-state index contributed by atoms with van der Waals surface area (Å²) in [6.45, 7) is 3.54. The number of fused-ring (bicyclic) bond motifs is 1. The Morgan fingerprint density at radius 2 is 1.97 bits per heavy atom. The molecule has 2 aromatic heterocycles. The van der Waals surface area contributed by atoms with Crippen molar-refractivity contribution in [2.75, 3.05) is 16.8 Å². The van der Waals surface area contributed by atoms with E-state index in [0.29, 0.717) is 23.0 Å². The molecule has 4 aromatic rings. The normalized spacial score (nSPS) is 15.1. The summed E-state index contributed by atoms with van der Waals surface area (Å²) in [4.78, 5) is 32.1. The zero-order chi connectivity index (χ0) is 23.7. The van der Waals surface area contributed by atoms with Gasteiger partial charge in [0.25, 0.3) is 5.91 Å². The summed E-state index contributed by atoms with van der Waals surface area (Å²) < 4.78 is 5.93. The molecule has 0 saturated heterocycles. The Bertz CT molecular complexity index is 1350. The maximum atomic E-state index is 13.1. The summed E-state index contributed by atoms with van der Waals surface area (Å²) in [5, 5.41) is 14.6. The molecule has 0 spiro atoms. The Kier molecular flexibility index (Phi) is 6.08. The quantitative estimate of drug-likeness (QED) is 0.417. The number of ether oxygens (including phenoxy) is 1. The summed E-state index contributed by atoms with van der Waals surface area (Å²) in [5.41, 5.74) is 3.23. The third kappa shape index (κ3) is 4.42. The molecular weight excluding hydrogens is 470 g/mol. The van der Waals surface area contributed by atoms with E-state index < -0.39 is 6.10 Å². The van der Waals surface area contributed by atoms with Crippen LogP contribution in [0.3, 0.4) is 0 Å². The Labute approximate surface area is 204 Å². The van der Waals surface area contributed by atoms with Gasteiger partial charge in [0.05, 0.1) is 11.4 Å². The van der Waals surface area contributed by atoms with Gasteiger partial charge >= 0.3 is 0 Å². The van der Waals surface area contributed by atoms with Crippen molar-refractivity contribution >= 4 is 45.3 Å². The largest absolute Gasteiger partial charge is 0.478 e. The summed E-state index contributed by atoms with van der Waals surface area (Å²) in [6.07, 6.45) is -0.140. The molecule has 5 rings (SSSR count). The first-order valence-corrected chi connectivity index (χ1v) is 12.4. The Morgan fingerprint density at radius 3 is 2.71 bits per heavy atom. The average molecular weight is 492 g/mol. The number of amides is 2. The van der Waals surface area contributed by atoms with Gasteiger partial charge in [-0.2, -0.15) is 0 Å². The summed E-state index contributed by atoms with van der Waals surface area (Å²) in [6, 6.07) is 15.6. The van der Waals surface area contributed by atoms with Crippen molar-refractivity contribution in [2.45, 2.75) is 26.4 Å². The van der Waals surface area contributed by atoms with E-state index in [1.807, 2.05) is 67.8 Å². The van der Waals surface area contributed by atoms with Gasteiger partial charge in [-0.25, -0.2) is 4.98 Å². The molecule has 0 aliphatic carbocycles. The number of carbonyl (C=O) groups is 2. The van der Waals surface area contributed by atoms with E-state index in [1.165, 1.54) is 16.2 Å². The van der Waals surface area contributed by atoms with Crippen LogP contribution in [0.2, 0.25) is 0 Å². The van der Waals surface area contributed by atoms with Crippen LogP contribution in [0.5, 0.6) is 5.75 Å². The molecule has 1 unspecified atom stereocenters. The molecular formula is C24H21N5O3S2. The topological polar surface area (TPSA) is 97.3 Å². The van der Waals surface area contributed by atoms with Crippen molar-refractivity contribution in [3.05, 3.63) is 58.9 Å². The lowest BCUT2D eigenvalue weighted by atomic mass is 10.1. The van der Waals surface area contributed by atoms with Crippen molar-refractivity contribution in [3.63, 3.8) is 0 Å². The number of aryl methyl sites for hydroxylation is 1. The molecule has 0 bridgehead atoms. The zero-order valence-corrected chi connectivity index (χ0v) is 20.2. The van der Waals surface area contributed by atoms with E-state index >= 15 is 0 Å². The third-order valence-corrected chi connectivity index (χ3v) is 6.97. The number of hydrogen-bond donors (Lipinski definition) is 1. The molecule has 1 N–H and O–H groups in total. The highest BCUT2D eigenvalue weighted by molar-refractivity contribution is 7.15.